The molecule has 0 saturated carbocycles. The first-order chi connectivity index (χ1) is 9.62. The molecule has 1 aromatic rings. The Labute approximate surface area is 124 Å². The van der Waals surface area contributed by atoms with E-state index in [1.54, 1.807) is 7.11 Å². The standard InChI is InChI=1S/C15H21NO3S/c1-11-15(14(17)19-3,9-4-10-20-11)16-12-5-7-13(18-2)8-6-12/h5-8,11,16H,4,9-10H2,1-3H3. The third kappa shape index (κ3) is 2.87. The lowest BCUT2D eigenvalue weighted by Crippen LogP contribution is -2.55. The van der Waals surface area contributed by atoms with Gasteiger partial charge in [-0.3, -0.25) is 0 Å². The Morgan fingerprint density at radius 1 is 1.35 bits per heavy atom. The molecule has 0 bridgehead atoms. The van der Waals surface area contributed by atoms with Crippen LogP contribution < -0.4 is 10.1 Å². The molecule has 1 aromatic carbocycles. The smallest absolute Gasteiger partial charge is 0.332 e. The van der Waals surface area contributed by atoms with Crippen molar-refractivity contribution in [2.24, 2.45) is 0 Å². The van der Waals surface area contributed by atoms with Gasteiger partial charge in [0, 0.05) is 10.9 Å². The highest BCUT2D eigenvalue weighted by Gasteiger charge is 2.46. The molecule has 0 amide bonds. The molecule has 0 spiro atoms. The molecule has 2 atom stereocenters. The summed E-state index contributed by atoms with van der Waals surface area (Å²) in [6.07, 6.45) is 1.80. The Bertz CT molecular complexity index is 463. The van der Waals surface area contributed by atoms with Gasteiger partial charge in [-0.05, 0) is 42.9 Å². The van der Waals surface area contributed by atoms with Crippen molar-refractivity contribution in [3.05, 3.63) is 24.3 Å². The van der Waals surface area contributed by atoms with E-state index in [0.717, 1.165) is 30.0 Å². The molecule has 1 N–H and O–H groups in total. The number of hydrogen-bond acceptors (Lipinski definition) is 5. The van der Waals surface area contributed by atoms with Gasteiger partial charge in [0.05, 0.1) is 14.2 Å². The molecule has 2 rings (SSSR count). The number of nitrogens with one attached hydrogen (secondary N) is 1. The van der Waals surface area contributed by atoms with E-state index in [-0.39, 0.29) is 11.2 Å². The second-order valence-corrected chi connectivity index (χ2v) is 6.38. The van der Waals surface area contributed by atoms with E-state index >= 15 is 0 Å². The van der Waals surface area contributed by atoms with E-state index in [0.29, 0.717) is 0 Å². The number of methoxy groups -OCH3 is 2. The fourth-order valence-corrected chi connectivity index (χ4v) is 3.78. The number of benzene rings is 1. The average molecular weight is 295 g/mol. The average Bonchev–Trinajstić information content (AvgIpc) is 2.49. The number of thioether (sulfide) groups is 1. The Morgan fingerprint density at radius 3 is 2.60 bits per heavy atom. The van der Waals surface area contributed by atoms with E-state index < -0.39 is 5.54 Å². The van der Waals surface area contributed by atoms with Gasteiger partial charge >= 0.3 is 5.97 Å². The van der Waals surface area contributed by atoms with Crippen LogP contribution in [0.25, 0.3) is 0 Å². The third-order valence-corrected chi connectivity index (χ3v) is 5.21. The van der Waals surface area contributed by atoms with Crippen molar-refractivity contribution in [1.29, 1.82) is 0 Å². The molecule has 2 unspecified atom stereocenters. The molecule has 20 heavy (non-hydrogen) atoms. The maximum absolute atomic E-state index is 12.3. The van der Waals surface area contributed by atoms with Gasteiger partial charge in [0.1, 0.15) is 11.3 Å². The van der Waals surface area contributed by atoms with E-state index in [9.17, 15) is 4.79 Å². The van der Waals surface area contributed by atoms with Crippen LogP contribution in [0.3, 0.4) is 0 Å². The van der Waals surface area contributed by atoms with Gasteiger partial charge in [-0.15, -0.1) is 0 Å². The summed E-state index contributed by atoms with van der Waals surface area (Å²) in [5.41, 5.74) is 0.261. The lowest BCUT2D eigenvalue weighted by Gasteiger charge is -2.40. The van der Waals surface area contributed by atoms with Crippen molar-refractivity contribution in [1.82, 2.24) is 0 Å². The van der Waals surface area contributed by atoms with Crippen molar-refractivity contribution in [3.8, 4) is 5.75 Å². The second-order valence-electron chi connectivity index (χ2n) is 4.93. The highest BCUT2D eigenvalue weighted by Crippen LogP contribution is 2.37. The normalized spacial score (nSPS) is 25.9. The van der Waals surface area contributed by atoms with Crippen molar-refractivity contribution < 1.29 is 14.3 Å². The van der Waals surface area contributed by atoms with Crippen LogP contribution in [0.4, 0.5) is 5.69 Å². The van der Waals surface area contributed by atoms with Crippen LogP contribution in [0, 0.1) is 0 Å². The summed E-state index contributed by atoms with van der Waals surface area (Å²) in [6.45, 7) is 2.08. The maximum atomic E-state index is 12.3. The predicted molar refractivity (Wildman–Crippen MR) is 82.5 cm³/mol. The Kier molecular flexibility index (Phi) is 4.81. The van der Waals surface area contributed by atoms with E-state index in [1.807, 2.05) is 36.0 Å². The number of carbonyl (C=O) groups excluding carboxylic acids is 1. The topological polar surface area (TPSA) is 47.6 Å². The molecule has 1 fully saturated rings. The van der Waals surface area contributed by atoms with E-state index in [1.165, 1.54) is 7.11 Å². The van der Waals surface area contributed by atoms with Crippen LogP contribution in [0.5, 0.6) is 5.75 Å². The van der Waals surface area contributed by atoms with Gasteiger partial charge in [-0.25, -0.2) is 4.79 Å². The van der Waals surface area contributed by atoms with Crippen molar-refractivity contribution in [2.45, 2.75) is 30.6 Å². The number of ether oxygens (including phenoxy) is 2. The van der Waals surface area contributed by atoms with Crippen LogP contribution in [0.15, 0.2) is 24.3 Å². The van der Waals surface area contributed by atoms with Gasteiger partial charge in [-0.2, -0.15) is 11.8 Å². The largest absolute Gasteiger partial charge is 0.497 e. The Balaban J connectivity index is 2.24. The van der Waals surface area contributed by atoms with E-state index in [2.05, 4.69) is 12.2 Å². The first-order valence-corrected chi connectivity index (χ1v) is 7.79. The quantitative estimate of drug-likeness (QED) is 0.865. The lowest BCUT2D eigenvalue weighted by molar-refractivity contribution is -0.146. The summed E-state index contributed by atoms with van der Waals surface area (Å²) in [4.78, 5) is 12.3. The Hall–Kier alpha value is -1.36. The summed E-state index contributed by atoms with van der Waals surface area (Å²) in [6, 6.07) is 7.62. The van der Waals surface area contributed by atoms with Gasteiger partial charge < -0.3 is 14.8 Å². The van der Waals surface area contributed by atoms with Crippen molar-refractivity contribution in [2.75, 3.05) is 25.3 Å². The minimum Gasteiger partial charge on any atom is -0.497 e. The van der Waals surface area contributed by atoms with Crippen LogP contribution in [-0.2, 0) is 9.53 Å². The van der Waals surface area contributed by atoms with Gasteiger partial charge in [0.15, 0.2) is 0 Å². The molecule has 1 aliphatic rings. The number of hydrogen-bond donors (Lipinski definition) is 1. The molecular weight excluding hydrogens is 274 g/mol. The zero-order chi connectivity index (χ0) is 14.6. The zero-order valence-corrected chi connectivity index (χ0v) is 13.0. The first kappa shape index (κ1) is 15.0. The molecule has 0 aromatic heterocycles. The number of rotatable bonds is 4. The summed E-state index contributed by atoms with van der Waals surface area (Å²) in [5, 5.41) is 3.57. The van der Waals surface area contributed by atoms with E-state index in [4.69, 9.17) is 9.47 Å². The van der Waals surface area contributed by atoms with Gasteiger partial charge in [0.2, 0.25) is 0 Å². The maximum Gasteiger partial charge on any atom is 0.332 e. The van der Waals surface area contributed by atoms with Crippen LogP contribution >= 0.6 is 11.8 Å². The highest BCUT2D eigenvalue weighted by molar-refractivity contribution is 8.00. The fraction of sp³-hybridized carbons (Fsp3) is 0.533. The third-order valence-electron chi connectivity index (χ3n) is 3.78. The van der Waals surface area contributed by atoms with Crippen LogP contribution in [-0.4, -0.2) is 36.7 Å². The van der Waals surface area contributed by atoms with Crippen LogP contribution in [0.1, 0.15) is 19.8 Å². The molecule has 110 valence electrons. The molecule has 4 nitrogen and oxygen atoms in total. The zero-order valence-electron chi connectivity index (χ0n) is 12.1. The molecule has 0 aliphatic carbocycles. The molecule has 1 aliphatic heterocycles. The second kappa shape index (κ2) is 6.39. The molecular formula is C15H21NO3S. The number of esters is 1. The van der Waals surface area contributed by atoms with Crippen LogP contribution in [0.2, 0.25) is 0 Å². The summed E-state index contributed by atoms with van der Waals surface area (Å²) < 4.78 is 10.2. The molecule has 1 saturated heterocycles. The van der Waals surface area contributed by atoms with Gasteiger partial charge in [0.25, 0.3) is 0 Å². The van der Waals surface area contributed by atoms with Crippen molar-refractivity contribution in [3.63, 3.8) is 0 Å². The minimum atomic E-state index is -0.647. The van der Waals surface area contributed by atoms with Gasteiger partial charge in [-0.1, -0.05) is 6.92 Å². The fourth-order valence-electron chi connectivity index (χ4n) is 2.55. The monoisotopic (exact) mass is 295 g/mol. The molecule has 1 heterocycles. The summed E-state index contributed by atoms with van der Waals surface area (Å²) in [5.74, 6) is 1.70. The Morgan fingerprint density at radius 2 is 2.05 bits per heavy atom. The molecule has 5 heteroatoms. The molecule has 0 radical (unpaired) electrons. The summed E-state index contributed by atoms with van der Waals surface area (Å²) in [7, 11) is 3.09. The summed E-state index contributed by atoms with van der Waals surface area (Å²) >= 11 is 1.81. The lowest BCUT2D eigenvalue weighted by atomic mass is 9.89. The SMILES string of the molecule is COC(=O)C1(Nc2ccc(OC)cc2)CCCSC1C. The number of carbonyl (C=O) groups is 1. The minimum absolute atomic E-state index is 0.172. The number of anilines is 1. The highest BCUT2D eigenvalue weighted by atomic mass is 32.2. The predicted octanol–water partition coefficient (Wildman–Crippen LogP) is 2.93. The first-order valence-electron chi connectivity index (χ1n) is 6.74. The van der Waals surface area contributed by atoms with Crippen molar-refractivity contribution >= 4 is 23.4 Å².